The molecule has 0 N–H and O–H groups in total. The fourth-order valence-corrected chi connectivity index (χ4v) is 1.87. The van der Waals surface area contributed by atoms with E-state index < -0.39 is 0 Å². The molecular formula is C10H13NO2. The van der Waals surface area contributed by atoms with Gasteiger partial charge in [-0.05, 0) is 18.8 Å². The molecule has 0 amide bonds. The van der Waals surface area contributed by atoms with Crippen LogP contribution < -0.4 is 0 Å². The third-order valence-corrected chi connectivity index (χ3v) is 2.73. The van der Waals surface area contributed by atoms with Crippen molar-refractivity contribution in [2.24, 2.45) is 5.92 Å². The van der Waals surface area contributed by atoms with Crippen molar-refractivity contribution in [1.82, 2.24) is 4.98 Å². The van der Waals surface area contributed by atoms with Crippen LogP contribution in [-0.2, 0) is 12.8 Å². The minimum absolute atomic E-state index is 0.238. The Labute approximate surface area is 77.2 Å². The molecule has 0 saturated carbocycles. The number of aromatic nitrogens is 1. The van der Waals surface area contributed by atoms with Crippen LogP contribution in [0.3, 0.4) is 0 Å². The molecule has 3 heteroatoms. The number of aldehydes is 1. The van der Waals surface area contributed by atoms with Crippen molar-refractivity contribution in [2.45, 2.75) is 32.6 Å². The lowest BCUT2D eigenvalue weighted by Crippen LogP contribution is -2.12. The maximum Gasteiger partial charge on any atom is 0.260 e. The second-order valence-corrected chi connectivity index (χ2v) is 3.56. The quantitative estimate of drug-likeness (QED) is 0.652. The van der Waals surface area contributed by atoms with Crippen molar-refractivity contribution in [1.29, 1.82) is 0 Å². The summed E-state index contributed by atoms with van der Waals surface area (Å²) in [5, 5.41) is 0. The molecule has 13 heavy (non-hydrogen) atoms. The summed E-state index contributed by atoms with van der Waals surface area (Å²) in [6.45, 7) is 2.19. The van der Waals surface area contributed by atoms with Crippen molar-refractivity contribution in [3.05, 3.63) is 17.3 Å². The fourth-order valence-electron chi connectivity index (χ4n) is 1.87. The standard InChI is InChI=1S/C10H13NO2/c1-2-7-3-4-9-8(5-7)11-10(6-12)13-9/h6-7H,2-5H2,1H3. The Hall–Kier alpha value is -1.12. The van der Waals surface area contributed by atoms with Crippen LogP contribution in [0.5, 0.6) is 0 Å². The number of carbonyl (C=O) groups is 1. The van der Waals surface area contributed by atoms with E-state index in [-0.39, 0.29) is 5.89 Å². The van der Waals surface area contributed by atoms with Crippen molar-refractivity contribution in [3.63, 3.8) is 0 Å². The number of rotatable bonds is 2. The smallest absolute Gasteiger partial charge is 0.260 e. The van der Waals surface area contributed by atoms with E-state index in [2.05, 4.69) is 11.9 Å². The van der Waals surface area contributed by atoms with E-state index in [4.69, 9.17) is 4.42 Å². The Balaban J connectivity index is 2.24. The second-order valence-electron chi connectivity index (χ2n) is 3.56. The molecule has 1 aliphatic rings. The monoisotopic (exact) mass is 179 g/mol. The van der Waals surface area contributed by atoms with Gasteiger partial charge in [-0.3, -0.25) is 4.79 Å². The molecule has 2 rings (SSSR count). The first-order valence-corrected chi connectivity index (χ1v) is 4.77. The maximum atomic E-state index is 10.4. The largest absolute Gasteiger partial charge is 0.439 e. The lowest BCUT2D eigenvalue weighted by Gasteiger charge is -2.17. The zero-order valence-corrected chi connectivity index (χ0v) is 7.75. The van der Waals surface area contributed by atoms with Crippen molar-refractivity contribution < 1.29 is 9.21 Å². The van der Waals surface area contributed by atoms with Gasteiger partial charge in [0, 0.05) is 6.42 Å². The molecule has 1 aromatic heterocycles. The van der Waals surface area contributed by atoms with Gasteiger partial charge in [-0.1, -0.05) is 13.3 Å². The van der Waals surface area contributed by atoms with Gasteiger partial charge in [-0.25, -0.2) is 4.98 Å². The SMILES string of the molecule is CCC1CCc2oc(C=O)nc2C1. The minimum atomic E-state index is 0.238. The van der Waals surface area contributed by atoms with Gasteiger partial charge in [0.05, 0.1) is 5.69 Å². The summed E-state index contributed by atoms with van der Waals surface area (Å²) in [5.41, 5.74) is 1.00. The fraction of sp³-hybridized carbons (Fsp3) is 0.600. The molecule has 0 aromatic carbocycles. The molecule has 0 fully saturated rings. The summed E-state index contributed by atoms with van der Waals surface area (Å²) in [7, 11) is 0. The highest BCUT2D eigenvalue weighted by Gasteiger charge is 2.22. The average Bonchev–Trinajstić information content (AvgIpc) is 2.58. The van der Waals surface area contributed by atoms with Crippen LogP contribution in [0.15, 0.2) is 4.42 Å². The molecule has 3 nitrogen and oxygen atoms in total. The Kier molecular flexibility index (Phi) is 2.17. The lowest BCUT2D eigenvalue weighted by molar-refractivity contribution is 0.109. The summed E-state index contributed by atoms with van der Waals surface area (Å²) < 4.78 is 5.27. The highest BCUT2D eigenvalue weighted by Crippen LogP contribution is 2.27. The summed E-state index contributed by atoms with van der Waals surface area (Å²) in [6, 6.07) is 0. The van der Waals surface area contributed by atoms with E-state index in [1.165, 1.54) is 6.42 Å². The van der Waals surface area contributed by atoms with Crippen LogP contribution in [0.1, 0.15) is 41.9 Å². The van der Waals surface area contributed by atoms with Crippen molar-refractivity contribution in [2.75, 3.05) is 0 Å². The van der Waals surface area contributed by atoms with Crippen molar-refractivity contribution in [3.8, 4) is 0 Å². The molecular weight excluding hydrogens is 166 g/mol. The number of carbonyl (C=O) groups excluding carboxylic acids is 1. The van der Waals surface area contributed by atoms with Gasteiger partial charge in [0.15, 0.2) is 0 Å². The van der Waals surface area contributed by atoms with Gasteiger partial charge in [0.2, 0.25) is 6.29 Å². The summed E-state index contributed by atoms with van der Waals surface area (Å²) in [5.74, 6) is 1.88. The number of fused-ring (bicyclic) bond motifs is 1. The topological polar surface area (TPSA) is 43.1 Å². The summed E-state index contributed by atoms with van der Waals surface area (Å²) in [4.78, 5) is 14.6. The molecule has 0 bridgehead atoms. The lowest BCUT2D eigenvalue weighted by atomic mass is 9.88. The molecule has 0 spiro atoms. The number of oxazole rings is 1. The Morgan fingerprint density at radius 1 is 1.69 bits per heavy atom. The van der Waals surface area contributed by atoms with Gasteiger partial charge in [0.25, 0.3) is 5.89 Å². The molecule has 1 unspecified atom stereocenters. The van der Waals surface area contributed by atoms with E-state index in [1.807, 2.05) is 0 Å². The maximum absolute atomic E-state index is 10.4. The van der Waals surface area contributed by atoms with Gasteiger partial charge >= 0.3 is 0 Å². The third-order valence-electron chi connectivity index (χ3n) is 2.73. The van der Waals surface area contributed by atoms with Crippen LogP contribution in [-0.4, -0.2) is 11.3 Å². The highest BCUT2D eigenvalue weighted by atomic mass is 16.4. The molecule has 0 aliphatic heterocycles. The van der Waals surface area contributed by atoms with Crippen LogP contribution >= 0.6 is 0 Å². The van der Waals surface area contributed by atoms with Gasteiger partial charge in [-0.2, -0.15) is 0 Å². The number of nitrogens with zero attached hydrogens (tertiary/aromatic N) is 1. The van der Waals surface area contributed by atoms with Gasteiger partial charge < -0.3 is 4.42 Å². The molecule has 1 heterocycles. The van der Waals surface area contributed by atoms with Crippen molar-refractivity contribution >= 4 is 6.29 Å². The molecule has 1 aromatic rings. The first-order valence-electron chi connectivity index (χ1n) is 4.77. The van der Waals surface area contributed by atoms with Gasteiger partial charge in [-0.15, -0.1) is 0 Å². The number of hydrogen-bond donors (Lipinski definition) is 0. The molecule has 1 aliphatic carbocycles. The molecule has 0 radical (unpaired) electrons. The second kappa shape index (κ2) is 3.32. The predicted molar refractivity (Wildman–Crippen MR) is 47.7 cm³/mol. The Morgan fingerprint density at radius 2 is 2.54 bits per heavy atom. The zero-order valence-electron chi connectivity index (χ0n) is 7.75. The summed E-state index contributed by atoms with van der Waals surface area (Å²) >= 11 is 0. The van der Waals surface area contributed by atoms with E-state index in [9.17, 15) is 4.79 Å². The molecule has 1 atom stereocenters. The molecule has 70 valence electrons. The van der Waals surface area contributed by atoms with Crippen LogP contribution in [0.2, 0.25) is 0 Å². The Morgan fingerprint density at radius 3 is 3.23 bits per heavy atom. The van der Waals surface area contributed by atoms with Gasteiger partial charge in [0.1, 0.15) is 5.76 Å². The van der Waals surface area contributed by atoms with E-state index in [0.717, 1.165) is 36.6 Å². The number of aryl methyl sites for hydroxylation is 1. The van der Waals surface area contributed by atoms with E-state index in [0.29, 0.717) is 6.29 Å². The highest BCUT2D eigenvalue weighted by molar-refractivity contribution is 5.67. The van der Waals surface area contributed by atoms with E-state index in [1.54, 1.807) is 0 Å². The average molecular weight is 179 g/mol. The van der Waals surface area contributed by atoms with Crippen LogP contribution in [0.4, 0.5) is 0 Å². The Bertz CT molecular complexity index is 317. The normalized spacial score (nSPS) is 21.2. The molecule has 0 saturated heterocycles. The first-order chi connectivity index (χ1) is 6.33. The van der Waals surface area contributed by atoms with Crippen LogP contribution in [0.25, 0.3) is 0 Å². The zero-order chi connectivity index (χ0) is 9.26. The predicted octanol–water partition coefficient (Wildman–Crippen LogP) is 2.00. The number of hydrogen-bond acceptors (Lipinski definition) is 3. The summed E-state index contributed by atoms with van der Waals surface area (Å²) in [6.07, 6.45) is 4.94. The third kappa shape index (κ3) is 1.50. The minimum Gasteiger partial charge on any atom is -0.439 e. The van der Waals surface area contributed by atoms with E-state index >= 15 is 0 Å². The first kappa shape index (κ1) is 8.48. The van der Waals surface area contributed by atoms with Crippen LogP contribution in [0, 0.1) is 5.92 Å².